The first-order valence-corrected chi connectivity index (χ1v) is 9.05. The van der Waals surface area contributed by atoms with E-state index in [0.29, 0.717) is 18.8 Å². The fourth-order valence-corrected chi connectivity index (χ4v) is 3.69. The maximum atomic E-state index is 12.8. The molecule has 142 valence electrons. The maximum Gasteiger partial charge on any atom is 0.282 e. The molecule has 1 atom stereocenters. The van der Waals surface area contributed by atoms with Crippen LogP contribution in [-0.4, -0.2) is 43.6 Å². The van der Waals surface area contributed by atoms with Gasteiger partial charge >= 0.3 is 0 Å². The molecular formula is C19H21F2N5O. The molecule has 4 heterocycles. The molecule has 1 amide bonds. The smallest absolute Gasteiger partial charge is 0.282 e. The minimum Gasteiger partial charge on any atom is -0.343 e. The predicted octanol–water partition coefficient (Wildman–Crippen LogP) is 3.41. The number of alkyl halides is 2. The summed E-state index contributed by atoms with van der Waals surface area (Å²) in [6.45, 7) is 2.95. The number of piperidine rings is 1. The van der Waals surface area contributed by atoms with Gasteiger partial charge in [-0.3, -0.25) is 9.48 Å². The predicted molar refractivity (Wildman–Crippen MR) is 96.6 cm³/mol. The molecule has 1 aliphatic heterocycles. The Bertz CT molecular complexity index is 931. The topological polar surface area (TPSA) is 66.8 Å². The van der Waals surface area contributed by atoms with Gasteiger partial charge in [-0.05, 0) is 44.0 Å². The first kappa shape index (κ1) is 17.6. The minimum absolute atomic E-state index is 0.0144. The van der Waals surface area contributed by atoms with Crippen molar-refractivity contribution in [2.75, 3.05) is 13.1 Å². The molecule has 0 spiro atoms. The summed E-state index contributed by atoms with van der Waals surface area (Å²) in [7, 11) is 0. The van der Waals surface area contributed by atoms with E-state index in [0.717, 1.165) is 29.6 Å². The van der Waals surface area contributed by atoms with Crippen molar-refractivity contribution in [3.05, 3.63) is 47.5 Å². The molecule has 27 heavy (non-hydrogen) atoms. The van der Waals surface area contributed by atoms with Crippen LogP contribution in [0.5, 0.6) is 0 Å². The van der Waals surface area contributed by atoms with Gasteiger partial charge in [0, 0.05) is 42.0 Å². The number of carbonyl (C=O) groups is 1. The van der Waals surface area contributed by atoms with Crippen molar-refractivity contribution in [3.63, 3.8) is 0 Å². The van der Waals surface area contributed by atoms with Crippen LogP contribution in [0.3, 0.4) is 0 Å². The molecule has 1 fully saturated rings. The van der Waals surface area contributed by atoms with Gasteiger partial charge in [-0.15, -0.1) is 0 Å². The van der Waals surface area contributed by atoms with Gasteiger partial charge in [0.05, 0.1) is 0 Å². The van der Waals surface area contributed by atoms with Crippen LogP contribution < -0.4 is 0 Å². The van der Waals surface area contributed by atoms with Gasteiger partial charge in [0.25, 0.3) is 6.43 Å². The third kappa shape index (κ3) is 3.56. The van der Waals surface area contributed by atoms with Crippen LogP contribution >= 0.6 is 0 Å². The fourth-order valence-electron chi connectivity index (χ4n) is 3.69. The van der Waals surface area contributed by atoms with Crippen molar-refractivity contribution in [2.24, 2.45) is 0 Å². The average Bonchev–Trinajstić information content (AvgIpc) is 3.26. The van der Waals surface area contributed by atoms with Gasteiger partial charge in [-0.2, -0.15) is 5.10 Å². The lowest BCUT2D eigenvalue weighted by Gasteiger charge is -2.32. The summed E-state index contributed by atoms with van der Waals surface area (Å²) in [6, 6.07) is 7.33. The van der Waals surface area contributed by atoms with E-state index in [9.17, 15) is 13.6 Å². The van der Waals surface area contributed by atoms with Gasteiger partial charge in [0.2, 0.25) is 5.91 Å². The van der Waals surface area contributed by atoms with E-state index in [4.69, 9.17) is 0 Å². The highest BCUT2D eigenvalue weighted by molar-refractivity contribution is 5.77. The molecule has 0 radical (unpaired) electrons. The number of hydrogen-bond donors (Lipinski definition) is 1. The number of carbonyl (C=O) groups excluding carboxylic acids is 1. The Labute approximate surface area is 155 Å². The van der Waals surface area contributed by atoms with Crippen molar-refractivity contribution in [2.45, 2.75) is 38.7 Å². The summed E-state index contributed by atoms with van der Waals surface area (Å²) in [5, 5.41) is 4.91. The molecule has 0 aliphatic carbocycles. The van der Waals surface area contributed by atoms with Crippen molar-refractivity contribution < 1.29 is 13.6 Å². The number of aryl methyl sites for hydroxylation is 1. The number of nitrogens with one attached hydrogen (secondary N) is 1. The van der Waals surface area contributed by atoms with Crippen LogP contribution in [0.25, 0.3) is 11.0 Å². The zero-order valence-electron chi connectivity index (χ0n) is 15.0. The van der Waals surface area contributed by atoms with Crippen LogP contribution in [0, 0.1) is 6.92 Å². The van der Waals surface area contributed by atoms with Gasteiger partial charge in [-0.1, -0.05) is 0 Å². The second-order valence-corrected chi connectivity index (χ2v) is 7.01. The van der Waals surface area contributed by atoms with Crippen molar-refractivity contribution >= 4 is 16.9 Å². The second-order valence-electron chi connectivity index (χ2n) is 7.01. The van der Waals surface area contributed by atoms with E-state index in [2.05, 4.69) is 21.1 Å². The highest BCUT2D eigenvalue weighted by atomic mass is 19.3. The second kappa shape index (κ2) is 7.09. The summed E-state index contributed by atoms with van der Waals surface area (Å²) < 4.78 is 27.0. The number of fused-ring (bicyclic) bond motifs is 1. The summed E-state index contributed by atoms with van der Waals surface area (Å²) in [5.41, 5.74) is 2.20. The number of H-pyrrole nitrogens is 1. The van der Waals surface area contributed by atoms with Crippen LogP contribution in [0.15, 0.2) is 30.5 Å². The number of aromatic amines is 1. The van der Waals surface area contributed by atoms with Crippen molar-refractivity contribution in [1.82, 2.24) is 24.6 Å². The molecule has 1 N–H and O–H groups in total. The van der Waals surface area contributed by atoms with E-state index in [1.807, 2.05) is 12.1 Å². The Morgan fingerprint density at radius 3 is 3.00 bits per heavy atom. The molecule has 3 aromatic rings. The van der Waals surface area contributed by atoms with Crippen LogP contribution in [0.1, 0.15) is 42.3 Å². The number of amides is 1. The monoisotopic (exact) mass is 373 g/mol. The first-order valence-electron chi connectivity index (χ1n) is 9.05. The molecule has 8 heteroatoms. The highest BCUT2D eigenvalue weighted by Crippen LogP contribution is 2.28. The van der Waals surface area contributed by atoms with Gasteiger partial charge in [0.15, 0.2) is 0 Å². The van der Waals surface area contributed by atoms with Crippen molar-refractivity contribution in [1.29, 1.82) is 0 Å². The Kier molecular flexibility index (Phi) is 4.63. The molecule has 6 nitrogen and oxygen atoms in total. The SMILES string of the molecule is Cc1cc(C(F)F)nn1CC(=O)N1CCC[C@H](c2cc3cccnc3[nH]2)C1. The Morgan fingerprint density at radius 1 is 1.41 bits per heavy atom. The lowest BCUT2D eigenvalue weighted by Crippen LogP contribution is -2.41. The normalized spacial score (nSPS) is 17.8. The lowest BCUT2D eigenvalue weighted by atomic mass is 9.94. The number of hydrogen-bond acceptors (Lipinski definition) is 3. The number of nitrogens with zero attached hydrogens (tertiary/aromatic N) is 4. The summed E-state index contributed by atoms with van der Waals surface area (Å²) in [5.74, 6) is 0.119. The standard InChI is InChI=1S/C19H21F2N5O/c1-12-8-16(18(20)21)24-26(12)11-17(27)25-7-3-5-14(10-25)15-9-13-4-2-6-22-19(13)23-15/h2,4,6,8-9,14,18H,3,5,7,10-11H2,1H3,(H,22,23)/t14-/m0/s1. The first-order chi connectivity index (χ1) is 13.0. The lowest BCUT2D eigenvalue weighted by molar-refractivity contribution is -0.133. The average molecular weight is 373 g/mol. The number of aromatic nitrogens is 4. The molecule has 0 unspecified atom stereocenters. The van der Waals surface area contributed by atoms with Gasteiger partial charge < -0.3 is 9.88 Å². The van der Waals surface area contributed by atoms with E-state index >= 15 is 0 Å². The van der Waals surface area contributed by atoms with Crippen LogP contribution in [-0.2, 0) is 11.3 Å². The minimum atomic E-state index is -2.63. The van der Waals surface area contributed by atoms with Crippen LogP contribution in [0.2, 0.25) is 0 Å². The Morgan fingerprint density at radius 2 is 2.26 bits per heavy atom. The summed E-state index contributed by atoms with van der Waals surface area (Å²) >= 11 is 0. The molecule has 0 bridgehead atoms. The molecular weight excluding hydrogens is 352 g/mol. The Balaban J connectivity index is 1.46. The third-order valence-corrected chi connectivity index (χ3v) is 5.14. The quantitative estimate of drug-likeness (QED) is 0.762. The zero-order valence-corrected chi connectivity index (χ0v) is 15.0. The molecule has 4 rings (SSSR count). The van der Waals surface area contributed by atoms with E-state index in [1.165, 1.54) is 10.7 Å². The summed E-state index contributed by atoms with van der Waals surface area (Å²) in [6.07, 6.45) is 1.02. The largest absolute Gasteiger partial charge is 0.343 e. The molecule has 1 saturated heterocycles. The van der Waals surface area contributed by atoms with E-state index < -0.39 is 6.43 Å². The molecule has 0 saturated carbocycles. The Hall–Kier alpha value is -2.77. The van der Waals surface area contributed by atoms with E-state index in [-0.39, 0.29) is 24.1 Å². The molecule has 0 aromatic carbocycles. The zero-order chi connectivity index (χ0) is 19.0. The van der Waals surface area contributed by atoms with Gasteiger partial charge in [-0.25, -0.2) is 13.8 Å². The number of rotatable bonds is 4. The van der Waals surface area contributed by atoms with Gasteiger partial charge in [0.1, 0.15) is 17.9 Å². The fraction of sp³-hybridized carbons (Fsp3) is 0.421. The van der Waals surface area contributed by atoms with E-state index in [1.54, 1.807) is 18.0 Å². The van der Waals surface area contributed by atoms with Crippen LogP contribution in [0.4, 0.5) is 8.78 Å². The molecule has 1 aliphatic rings. The number of likely N-dealkylation sites (tertiary alicyclic amines) is 1. The number of halogens is 2. The molecule has 3 aromatic heterocycles. The number of pyridine rings is 1. The maximum absolute atomic E-state index is 12.8. The third-order valence-electron chi connectivity index (χ3n) is 5.14. The van der Waals surface area contributed by atoms with Crippen molar-refractivity contribution in [3.8, 4) is 0 Å². The highest BCUT2D eigenvalue weighted by Gasteiger charge is 2.26. The summed E-state index contributed by atoms with van der Waals surface area (Å²) in [4.78, 5) is 22.2.